The smallest absolute Gasteiger partial charge is 0.325 e. The summed E-state index contributed by atoms with van der Waals surface area (Å²) in [5, 5.41) is 2.50. The van der Waals surface area contributed by atoms with Crippen molar-refractivity contribution in [3.05, 3.63) is 56.3 Å². The molecule has 1 aromatic carbocycles. The molecule has 5 nitrogen and oxygen atoms in total. The number of carbonyl (C=O) groups is 3. The van der Waals surface area contributed by atoms with Crippen molar-refractivity contribution in [1.82, 2.24) is 5.32 Å². The van der Waals surface area contributed by atoms with Crippen LogP contribution in [0.1, 0.15) is 41.6 Å². The first-order chi connectivity index (χ1) is 11.8. The molecule has 1 amide bonds. The van der Waals surface area contributed by atoms with Crippen LogP contribution in [-0.4, -0.2) is 30.8 Å². The van der Waals surface area contributed by atoms with Crippen molar-refractivity contribution < 1.29 is 19.1 Å². The summed E-state index contributed by atoms with van der Waals surface area (Å²) in [6.07, 6.45) is 0. The van der Waals surface area contributed by atoms with Gasteiger partial charge in [0, 0.05) is 20.9 Å². The van der Waals surface area contributed by atoms with Crippen molar-refractivity contribution in [3.8, 4) is 0 Å². The van der Waals surface area contributed by atoms with Crippen LogP contribution in [0.15, 0.2) is 24.3 Å². The first-order valence-corrected chi connectivity index (χ1v) is 8.71. The molecule has 0 aliphatic heterocycles. The van der Waals surface area contributed by atoms with Gasteiger partial charge < -0.3 is 10.1 Å². The Morgan fingerprint density at radius 1 is 1.04 bits per heavy atom. The highest BCUT2D eigenvalue weighted by atomic mass is 32.1. The maximum atomic E-state index is 12.1. The second-order valence-corrected chi connectivity index (χ2v) is 7.35. The Kier molecular flexibility index (Phi) is 6.09. The Labute approximate surface area is 151 Å². The van der Waals surface area contributed by atoms with Crippen LogP contribution in [0.5, 0.6) is 0 Å². The van der Waals surface area contributed by atoms with Gasteiger partial charge in [-0.05, 0) is 57.0 Å². The summed E-state index contributed by atoms with van der Waals surface area (Å²) in [7, 11) is 0. The molecule has 0 bridgehead atoms. The van der Waals surface area contributed by atoms with Crippen LogP contribution < -0.4 is 5.32 Å². The topological polar surface area (TPSA) is 72.5 Å². The van der Waals surface area contributed by atoms with E-state index < -0.39 is 5.97 Å². The largest absolute Gasteiger partial charge is 0.456 e. The van der Waals surface area contributed by atoms with Crippen molar-refractivity contribution in [2.45, 2.75) is 27.7 Å². The third-order valence-corrected chi connectivity index (χ3v) is 4.83. The standard InChI is InChI=1S/C19H21NO4S/c1-11-5-6-15(7-12(11)2)19(23)20-9-18(22)24-10-17(21)16-8-13(3)25-14(16)4/h5-8H,9-10H2,1-4H3,(H,20,23). The zero-order valence-electron chi connectivity index (χ0n) is 14.8. The van der Waals surface area contributed by atoms with E-state index in [1.54, 1.807) is 18.2 Å². The molecular weight excluding hydrogens is 338 g/mol. The molecule has 132 valence electrons. The lowest BCUT2D eigenvalue weighted by Gasteiger charge is -2.07. The van der Waals surface area contributed by atoms with Crippen molar-refractivity contribution in [1.29, 1.82) is 0 Å². The number of hydrogen-bond acceptors (Lipinski definition) is 5. The minimum absolute atomic E-state index is 0.240. The highest BCUT2D eigenvalue weighted by molar-refractivity contribution is 7.12. The van der Waals surface area contributed by atoms with Crippen molar-refractivity contribution in [2.75, 3.05) is 13.2 Å². The van der Waals surface area contributed by atoms with Gasteiger partial charge in [0.2, 0.25) is 5.78 Å². The summed E-state index contributed by atoms with van der Waals surface area (Å²) in [5.41, 5.74) is 3.15. The third kappa shape index (κ3) is 5.00. The Bertz CT molecular complexity index is 823. The van der Waals surface area contributed by atoms with Crippen LogP contribution in [0.4, 0.5) is 0 Å². The molecular formula is C19H21NO4S. The molecule has 1 N–H and O–H groups in total. The van der Waals surface area contributed by atoms with Gasteiger partial charge in [0.15, 0.2) is 6.61 Å². The van der Waals surface area contributed by atoms with Gasteiger partial charge in [-0.1, -0.05) is 6.07 Å². The van der Waals surface area contributed by atoms with E-state index in [9.17, 15) is 14.4 Å². The number of aryl methyl sites for hydroxylation is 4. The van der Waals surface area contributed by atoms with Gasteiger partial charge in [-0.25, -0.2) is 0 Å². The van der Waals surface area contributed by atoms with Gasteiger partial charge >= 0.3 is 5.97 Å². The molecule has 0 unspecified atom stereocenters. The fourth-order valence-corrected chi connectivity index (χ4v) is 3.26. The number of hydrogen-bond donors (Lipinski definition) is 1. The maximum absolute atomic E-state index is 12.1. The second-order valence-electron chi connectivity index (χ2n) is 5.89. The molecule has 2 rings (SSSR count). The summed E-state index contributed by atoms with van der Waals surface area (Å²) in [5.74, 6) is -1.23. The number of thiophene rings is 1. The fraction of sp³-hybridized carbons (Fsp3) is 0.316. The van der Waals surface area contributed by atoms with Gasteiger partial charge in [0.05, 0.1) is 0 Å². The minimum Gasteiger partial charge on any atom is -0.456 e. The Morgan fingerprint density at radius 2 is 1.76 bits per heavy atom. The predicted octanol–water partition coefficient (Wildman–Crippen LogP) is 3.14. The van der Waals surface area contributed by atoms with E-state index >= 15 is 0 Å². The molecule has 0 aliphatic carbocycles. The van der Waals surface area contributed by atoms with Gasteiger partial charge in [-0.15, -0.1) is 11.3 Å². The molecule has 6 heteroatoms. The van der Waals surface area contributed by atoms with Crippen LogP contribution in [-0.2, 0) is 9.53 Å². The minimum atomic E-state index is -0.643. The Balaban J connectivity index is 1.82. The highest BCUT2D eigenvalue weighted by Gasteiger charge is 2.15. The predicted molar refractivity (Wildman–Crippen MR) is 97.3 cm³/mol. The second kappa shape index (κ2) is 8.07. The number of ketones is 1. The zero-order chi connectivity index (χ0) is 18.6. The molecule has 0 saturated heterocycles. The Hall–Kier alpha value is -2.47. The molecule has 2 aromatic rings. The van der Waals surface area contributed by atoms with Gasteiger partial charge in [0.1, 0.15) is 6.54 Å². The van der Waals surface area contributed by atoms with E-state index in [-0.39, 0.29) is 24.8 Å². The molecule has 0 saturated carbocycles. The lowest BCUT2D eigenvalue weighted by Crippen LogP contribution is -2.31. The first-order valence-electron chi connectivity index (χ1n) is 7.89. The number of benzene rings is 1. The molecule has 0 radical (unpaired) electrons. The molecule has 0 spiro atoms. The lowest BCUT2D eigenvalue weighted by molar-refractivity contribution is -0.141. The summed E-state index contributed by atoms with van der Waals surface area (Å²) in [6.45, 7) is 7.05. The van der Waals surface area contributed by atoms with Crippen LogP contribution in [0.25, 0.3) is 0 Å². The van der Waals surface area contributed by atoms with E-state index in [0.29, 0.717) is 11.1 Å². The normalized spacial score (nSPS) is 10.4. The van der Waals surface area contributed by atoms with E-state index in [2.05, 4.69) is 5.32 Å². The molecule has 25 heavy (non-hydrogen) atoms. The summed E-state index contributed by atoms with van der Waals surface area (Å²) in [6, 6.07) is 7.11. The van der Waals surface area contributed by atoms with Crippen molar-refractivity contribution in [2.24, 2.45) is 0 Å². The van der Waals surface area contributed by atoms with Gasteiger partial charge in [-0.2, -0.15) is 0 Å². The number of carbonyl (C=O) groups excluding carboxylic acids is 3. The average Bonchev–Trinajstić information content (AvgIpc) is 2.91. The first kappa shape index (κ1) is 18.9. The molecule has 0 fully saturated rings. The molecule has 1 aromatic heterocycles. The van der Waals surface area contributed by atoms with Crippen LogP contribution in [0, 0.1) is 27.7 Å². The van der Waals surface area contributed by atoms with Crippen LogP contribution >= 0.6 is 11.3 Å². The lowest BCUT2D eigenvalue weighted by atomic mass is 10.1. The fourth-order valence-electron chi connectivity index (χ4n) is 2.32. The number of amides is 1. The summed E-state index contributed by atoms with van der Waals surface area (Å²) < 4.78 is 4.95. The number of esters is 1. The zero-order valence-corrected chi connectivity index (χ0v) is 15.6. The van der Waals surface area contributed by atoms with Gasteiger partial charge in [-0.3, -0.25) is 14.4 Å². The number of Topliss-reactive ketones (excluding diaryl/α,β-unsaturated/α-hetero) is 1. The molecule has 0 atom stereocenters. The summed E-state index contributed by atoms with van der Waals surface area (Å²) in [4.78, 5) is 37.8. The number of nitrogens with one attached hydrogen (secondary N) is 1. The van der Waals surface area contributed by atoms with E-state index in [1.165, 1.54) is 11.3 Å². The quantitative estimate of drug-likeness (QED) is 0.635. The van der Waals surface area contributed by atoms with E-state index in [1.807, 2.05) is 33.8 Å². The number of ether oxygens (including phenoxy) is 1. The van der Waals surface area contributed by atoms with E-state index in [0.717, 1.165) is 20.9 Å². The average molecular weight is 359 g/mol. The van der Waals surface area contributed by atoms with Crippen LogP contribution in [0.2, 0.25) is 0 Å². The molecule has 0 aliphatic rings. The highest BCUT2D eigenvalue weighted by Crippen LogP contribution is 2.21. The van der Waals surface area contributed by atoms with E-state index in [4.69, 9.17) is 4.74 Å². The Morgan fingerprint density at radius 3 is 2.36 bits per heavy atom. The summed E-state index contributed by atoms with van der Waals surface area (Å²) >= 11 is 1.53. The monoisotopic (exact) mass is 359 g/mol. The van der Waals surface area contributed by atoms with Crippen LogP contribution in [0.3, 0.4) is 0 Å². The van der Waals surface area contributed by atoms with Crippen molar-refractivity contribution in [3.63, 3.8) is 0 Å². The van der Waals surface area contributed by atoms with Crippen molar-refractivity contribution >= 4 is 29.0 Å². The SMILES string of the molecule is Cc1cc(C(=O)COC(=O)CNC(=O)c2ccc(C)c(C)c2)c(C)s1. The third-order valence-electron chi connectivity index (χ3n) is 3.87. The van der Waals surface area contributed by atoms with Gasteiger partial charge in [0.25, 0.3) is 5.91 Å². The maximum Gasteiger partial charge on any atom is 0.325 e. The number of rotatable bonds is 6. The molecule has 1 heterocycles.